The second kappa shape index (κ2) is 4.78. The molecular formula is C12H9FINO. The quantitative estimate of drug-likeness (QED) is 0.777. The van der Waals surface area contributed by atoms with Gasteiger partial charge in [0, 0.05) is 21.4 Å². The molecule has 0 aliphatic heterocycles. The summed E-state index contributed by atoms with van der Waals surface area (Å²) in [6.07, 6.45) is 1.72. The molecule has 0 saturated heterocycles. The van der Waals surface area contributed by atoms with Gasteiger partial charge in [-0.25, -0.2) is 4.39 Å². The number of rotatable bonds is 2. The van der Waals surface area contributed by atoms with Crippen LogP contribution in [-0.4, -0.2) is 4.57 Å². The van der Waals surface area contributed by atoms with E-state index in [1.807, 2.05) is 0 Å². The number of halogens is 2. The van der Waals surface area contributed by atoms with Crippen LogP contribution in [0.5, 0.6) is 0 Å². The van der Waals surface area contributed by atoms with Gasteiger partial charge in [-0.1, -0.05) is 18.2 Å². The van der Waals surface area contributed by atoms with E-state index in [4.69, 9.17) is 0 Å². The molecule has 0 amide bonds. The molecule has 0 N–H and O–H groups in total. The zero-order valence-corrected chi connectivity index (χ0v) is 10.5. The van der Waals surface area contributed by atoms with E-state index in [1.54, 1.807) is 30.5 Å². The Bertz CT molecular complexity index is 565. The number of pyridine rings is 1. The van der Waals surface area contributed by atoms with Crippen LogP contribution in [0.1, 0.15) is 5.56 Å². The molecule has 2 nitrogen and oxygen atoms in total. The zero-order chi connectivity index (χ0) is 11.5. The van der Waals surface area contributed by atoms with Gasteiger partial charge < -0.3 is 4.57 Å². The van der Waals surface area contributed by atoms with Gasteiger partial charge >= 0.3 is 0 Å². The smallest absolute Gasteiger partial charge is 0.250 e. The molecule has 0 spiro atoms. The van der Waals surface area contributed by atoms with E-state index < -0.39 is 0 Å². The maximum atomic E-state index is 13.4. The van der Waals surface area contributed by atoms with E-state index in [-0.39, 0.29) is 17.9 Å². The maximum absolute atomic E-state index is 13.4. The van der Waals surface area contributed by atoms with Gasteiger partial charge in [-0.2, -0.15) is 0 Å². The summed E-state index contributed by atoms with van der Waals surface area (Å²) < 4.78 is 15.8. The minimum absolute atomic E-state index is 0.122. The van der Waals surface area contributed by atoms with Crippen LogP contribution in [0.3, 0.4) is 0 Å². The Morgan fingerprint density at radius 1 is 1.19 bits per heavy atom. The first-order valence-electron chi connectivity index (χ1n) is 4.76. The van der Waals surface area contributed by atoms with Crippen LogP contribution in [0.15, 0.2) is 47.4 Å². The monoisotopic (exact) mass is 329 g/mol. The van der Waals surface area contributed by atoms with Crippen LogP contribution >= 0.6 is 22.6 Å². The van der Waals surface area contributed by atoms with E-state index in [0.717, 1.165) is 3.57 Å². The molecule has 82 valence electrons. The number of benzene rings is 1. The second-order valence-electron chi connectivity index (χ2n) is 3.40. The topological polar surface area (TPSA) is 22.0 Å². The third-order valence-corrected chi connectivity index (χ3v) is 2.88. The van der Waals surface area contributed by atoms with Crippen molar-refractivity contribution in [2.45, 2.75) is 6.54 Å². The molecule has 0 fully saturated rings. The Balaban J connectivity index is 2.38. The third kappa shape index (κ3) is 2.49. The number of nitrogens with zero attached hydrogens (tertiary/aromatic N) is 1. The van der Waals surface area contributed by atoms with E-state index >= 15 is 0 Å². The molecule has 2 aromatic rings. The summed E-state index contributed by atoms with van der Waals surface area (Å²) in [5.41, 5.74) is 0.398. The van der Waals surface area contributed by atoms with Crippen LogP contribution < -0.4 is 5.56 Å². The van der Waals surface area contributed by atoms with Gasteiger partial charge in [0.05, 0.1) is 6.54 Å². The largest absolute Gasteiger partial charge is 0.310 e. The Labute approximate surface area is 106 Å². The van der Waals surface area contributed by atoms with E-state index in [1.165, 1.54) is 16.7 Å². The molecule has 0 aliphatic carbocycles. The molecule has 1 aromatic carbocycles. The molecule has 0 radical (unpaired) electrons. The summed E-state index contributed by atoms with van der Waals surface area (Å²) >= 11 is 2.12. The van der Waals surface area contributed by atoms with Crippen LogP contribution in [0.4, 0.5) is 4.39 Å². The fraction of sp³-hybridized carbons (Fsp3) is 0.0833. The van der Waals surface area contributed by atoms with Gasteiger partial charge in [0.2, 0.25) is 0 Å². The van der Waals surface area contributed by atoms with Gasteiger partial charge in [0.1, 0.15) is 5.82 Å². The Hall–Kier alpha value is -1.17. The fourth-order valence-electron chi connectivity index (χ4n) is 1.44. The highest BCUT2D eigenvalue weighted by molar-refractivity contribution is 14.1. The molecule has 4 heteroatoms. The standard InChI is InChI=1S/C12H9FINO/c13-11-4-2-1-3-9(11)7-15-8-10(14)5-6-12(15)16/h1-6,8H,7H2. The number of hydrogen-bond donors (Lipinski definition) is 0. The highest BCUT2D eigenvalue weighted by Crippen LogP contribution is 2.08. The predicted molar refractivity (Wildman–Crippen MR) is 68.9 cm³/mol. The lowest BCUT2D eigenvalue weighted by Gasteiger charge is -2.06. The van der Waals surface area contributed by atoms with Gasteiger partial charge in [-0.05, 0) is 34.7 Å². The number of aromatic nitrogens is 1. The average Bonchev–Trinajstić information content (AvgIpc) is 2.27. The Morgan fingerprint density at radius 3 is 2.69 bits per heavy atom. The highest BCUT2D eigenvalue weighted by Gasteiger charge is 2.03. The first-order chi connectivity index (χ1) is 7.66. The molecule has 0 atom stereocenters. The lowest BCUT2D eigenvalue weighted by atomic mass is 10.2. The first kappa shape index (κ1) is 11.3. The van der Waals surface area contributed by atoms with Crippen LogP contribution in [0, 0.1) is 9.39 Å². The third-order valence-electron chi connectivity index (χ3n) is 2.25. The minimum Gasteiger partial charge on any atom is -0.310 e. The zero-order valence-electron chi connectivity index (χ0n) is 8.36. The first-order valence-corrected chi connectivity index (χ1v) is 5.84. The fourth-order valence-corrected chi connectivity index (χ4v) is 1.95. The van der Waals surface area contributed by atoms with E-state index in [0.29, 0.717) is 5.56 Å². The van der Waals surface area contributed by atoms with Gasteiger partial charge in [0.25, 0.3) is 5.56 Å². The molecule has 0 aliphatic rings. The van der Waals surface area contributed by atoms with Crippen molar-refractivity contribution in [1.29, 1.82) is 0 Å². The van der Waals surface area contributed by atoms with Crippen LogP contribution in [-0.2, 0) is 6.54 Å². The normalized spacial score (nSPS) is 10.4. The lowest BCUT2D eigenvalue weighted by molar-refractivity contribution is 0.596. The summed E-state index contributed by atoms with van der Waals surface area (Å²) in [5, 5.41) is 0. The molecule has 1 heterocycles. The summed E-state index contributed by atoms with van der Waals surface area (Å²) in [5.74, 6) is -0.284. The molecule has 0 saturated carbocycles. The summed E-state index contributed by atoms with van der Waals surface area (Å²) in [6.45, 7) is 0.266. The highest BCUT2D eigenvalue weighted by atomic mass is 127. The molecule has 2 rings (SSSR count). The molecule has 0 unspecified atom stereocenters. The summed E-state index contributed by atoms with van der Waals surface area (Å²) in [6, 6.07) is 9.70. The van der Waals surface area contributed by atoms with Crippen LogP contribution in [0.25, 0.3) is 0 Å². The molecular weight excluding hydrogens is 320 g/mol. The van der Waals surface area contributed by atoms with Crippen molar-refractivity contribution in [2.75, 3.05) is 0 Å². The van der Waals surface area contributed by atoms with E-state index in [2.05, 4.69) is 22.6 Å². The van der Waals surface area contributed by atoms with Crippen molar-refractivity contribution in [3.8, 4) is 0 Å². The van der Waals surface area contributed by atoms with Crippen molar-refractivity contribution in [3.05, 3.63) is 67.9 Å². The summed E-state index contributed by atoms with van der Waals surface area (Å²) in [4.78, 5) is 11.5. The predicted octanol–water partition coefficient (Wildman–Crippen LogP) is 2.64. The molecule has 1 aromatic heterocycles. The van der Waals surface area contributed by atoms with E-state index in [9.17, 15) is 9.18 Å². The minimum atomic E-state index is -0.284. The SMILES string of the molecule is O=c1ccc(I)cn1Cc1ccccc1F. The Kier molecular flexibility index (Phi) is 3.38. The van der Waals surface area contributed by atoms with Crippen molar-refractivity contribution >= 4 is 22.6 Å². The van der Waals surface area contributed by atoms with Gasteiger partial charge in [-0.3, -0.25) is 4.79 Å². The van der Waals surface area contributed by atoms with Crippen molar-refractivity contribution in [2.24, 2.45) is 0 Å². The maximum Gasteiger partial charge on any atom is 0.250 e. The van der Waals surface area contributed by atoms with Crippen molar-refractivity contribution < 1.29 is 4.39 Å². The van der Waals surface area contributed by atoms with Crippen molar-refractivity contribution in [1.82, 2.24) is 4.57 Å². The average molecular weight is 329 g/mol. The summed E-state index contributed by atoms with van der Waals surface area (Å²) in [7, 11) is 0. The van der Waals surface area contributed by atoms with Gasteiger partial charge in [0.15, 0.2) is 0 Å². The molecule has 0 bridgehead atoms. The molecule has 16 heavy (non-hydrogen) atoms. The van der Waals surface area contributed by atoms with Crippen LogP contribution in [0.2, 0.25) is 0 Å². The van der Waals surface area contributed by atoms with Crippen molar-refractivity contribution in [3.63, 3.8) is 0 Å². The Morgan fingerprint density at radius 2 is 1.94 bits per heavy atom. The number of hydrogen-bond acceptors (Lipinski definition) is 1. The lowest BCUT2D eigenvalue weighted by Crippen LogP contribution is -2.19. The second-order valence-corrected chi connectivity index (χ2v) is 4.65. The van der Waals surface area contributed by atoms with Gasteiger partial charge in [-0.15, -0.1) is 0 Å².